The summed E-state index contributed by atoms with van der Waals surface area (Å²) in [6.45, 7) is 2.82. The molecule has 96 valence electrons. The lowest BCUT2D eigenvalue weighted by Crippen LogP contribution is -1.94. The van der Waals surface area contributed by atoms with Crippen LogP contribution in [-0.4, -0.2) is 11.7 Å². The minimum absolute atomic E-state index is 0.253. The monoisotopic (exact) mass is 252 g/mol. The van der Waals surface area contributed by atoms with Crippen molar-refractivity contribution < 1.29 is 9.84 Å². The summed E-state index contributed by atoms with van der Waals surface area (Å²) in [7, 11) is 0. The molecule has 2 nitrogen and oxygen atoms in total. The van der Waals surface area contributed by atoms with E-state index in [4.69, 9.17) is 4.74 Å². The van der Waals surface area contributed by atoms with Gasteiger partial charge in [-0.1, -0.05) is 18.8 Å². The molecule has 0 atom stereocenters. The Balaban J connectivity index is 2.05. The fourth-order valence-electron chi connectivity index (χ4n) is 1.54. The SMILES string of the molecule is CCCOc1ccc(C#Cc2ccc(O)cc2)cc1. The number of phenolic OH excluding ortho intramolecular Hbond substituents is 1. The van der Waals surface area contributed by atoms with Crippen LogP contribution in [0, 0.1) is 11.8 Å². The Bertz CT molecular complexity index is 571. The number of aromatic hydroxyl groups is 1. The zero-order valence-electron chi connectivity index (χ0n) is 10.9. The molecule has 0 aliphatic heterocycles. The zero-order chi connectivity index (χ0) is 13.5. The molecule has 0 bridgehead atoms. The lowest BCUT2D eigenvalue weighted by molar-refractivity contribution is 0.317. The van der Waals surface area contributed by atoms with Crippen LogP contribution in [0.15, 0.2) is 48.5 Å². The average molecular weight is 252 g/mol. The maximum absolute atomic E-state index is 9.18. The highest BCUT2D eigenvalue weighted by molar-refractivity contribution is 5.45. The van der Waals surface area contributed by atoms with Gasteiger partial charge in [-0.3, -0.25) is 0 Å². The molecule has 0 saturated heterocycles. The Morgan fingerprint density at radius 2 is 1.42 bits per heavy atom. The number of hydrogen-bond donors (Lipinski definition) is 1. The van der Waals surface area contributed by atoms with Crippen LogP contribution < -0.4 is 4.74 Å². The van der Waals surface area contributed by atoms with Crippen molar-refractivity contribution in [1.82, 2.24) is 0 Å². The first-order chi connectivity index (χ1) is 9.28. The molecule has 0 aliphatic rings. The number of rotatable bonds is 3. The van der Waals surface area contributed by atoms with Crippen LogP contribution in [0.25, 0.3) is 0 Å². The van der Waals surface area contributed by atoms with Gasteiger partial charge in [-0.15, -0.1) is 0 Å². The first-order valence-electron chi connectivity index (χ1n) is 6.32. The molecule has 0 aliphatic carbocycles. The van der Waals surface area contributed by atoms with E-state index in [1.807, 2.05) is 24.3 Å². The highest BCUT2D eigenvalue weighted by Gasteiger charge is 1.93. The second kappa shape index (κ2) is 6.51. The quantitative estimate of drug-likeness (QED) is 0.846. The van der Waals surface area contributed by atoms with Crippen molar-refractivity contribution in [3.8, 4) is 23.3 Å². The lowest BCUT2D eigenvalue weighted by Gasteiger charge is -2.03. The van der Waals surface area contributed by atoms with E-state index in [1.165, 1.54) is 0 Å². The van der Waals surface area contributed by atoms with Crippen LogP contribution in [0.1, 0.15) is 24.5 Å². The zero-order valence-corrected chi connectivity index (χ0v) is 10.9. The minimum atomic E-state index is 0.253. The molecule has 19 heavy (non-hydrogen) atoms. The van der Waals surface area contributed by atoms with Gasteiger partial charge in [0.25, 0.3) is 0 Å². The van der Waals surface area contributed by atoms with Crippen molar-refractivity contribution in [2.75, 3.05) is 6.61 Å². The van der Waals surface area contributed by atoms with E-state index in [-0.39, 0.29) is 5.75 Å². The fourth-order valence-corrected chi connectivity index (χ4v) is 1.54. The first kappa shape index (κ1) is 13.0. The Morgan fingerprint density at radius 1 is 0.895 bits per heavy atom. The number of ether oxygens (including phenoxy) is 1. The van der Waals surface area contributed by atoms with E-state index >= 15 is 0 Å². The smallest absolute Gasteiger partial charge is 0.119 e. The van der Waals surface area contributed by atoms with E-state index in [0.717, 1.165) is 29.9 Å². The van der Waals surface area contributed by atoms with Crippen molar-refractivity contribution in [2.24, 2.45) is 0 Å². The van der Waals surface area contributed by atoms with Crippen molar-refractivity contribution in [2.45, 2.75) is 13.3 Å². The topological polar surface area (TPSA) is 29.5 Å². The normalized spacial score (nSPS) is 9.53. The molecular weight excluding hydrogens is 236 g/mol. The Kier molecular flexibility index (Phi) is 4.47. The van der Waals surface area contributed by atoms with E-state index in [1.54, 1.807) is 24.3 Å². The van der Waals surface area contributed by atoms with Gasteiger partial charge in [0.1, 0.15) is 11.5 Å². The fraction of sp³-hybridized carbons (Fsp3) is 0.176. The Labute approximate surface area is 113 Å². The molecule has 0 heterocycles. The van der Waals surface area contributed by atoms with Gasteiger partial charge >= 0.3 is 0 Å². The van der Waals surface area contributed by atoms with Crippen molar-refractivity contribution in [3.05, 3.63) is 59.7 Å². The standard InChI is InChI=1S/C17H16O2/c1-2-13-19-17-11-7-15(8-12-17)4-3-14-5-9-16(18)10-6-14/h5-12,18H,2,13H2,1H3. The summed E-state index contributed by atoms with van der Waals surface area (Å²) in [5.41, 5.74) is 1.82. The van der Waals surface area contributed by atoms with E-state index in [9.17, 15) is 5.11 Å². The van der Waals surface area contributed by atoms with Crippen LogP contribution >= 0.6 is 0 Å². The summed E-state index contributed by atoms with van der Waals surface area (Å²) in [6, 6.07) is 14.6. The average Bonchev–Trinajstić information content (AvgIpc) is 2.46. The molecule has 0 spiro atoms. The molecule has 2 heteroatoms. The number of benzene rings is 2. The summed E-state index contributed by atoms with van der Waals surface area (Å²) in [5, 5.41) is 9.18. The molecular formula is C17H16O2. The summed E-state index contributed by atoms with van der Waals surface area (Å²) in [5.74, 6) is 7.25. The van der Waals surface area contributed by atoms with Gasteiger partial charge in [-0.05, 0) is 55.0 Å². The van der Waals surface area contributed by atoms with Crippen LogP contribution in [-0.2, 0) is 0 Å². The van der Waals surface area contributed by atoms with E-state index in [2.05, 4.69) is 18.8 Å². The second-order valence-corrected chi connectivity index (χ2v) is 4.17. The number of phenols is 1. The first-order valence-corrected chi connectivity index (χ1v) is 6.32. The predicted molar refractivity (Wildman–Crippen MR) is 76.3 cm³/mol. The van der Waals surface area contributed by atoms with Gasteiger partial charge in [0.05, 0.1) is 6.61 Å². The van der Waals surface area contributed by atoms with E-state index in [0.29, 0.717) is 0 Å². The Morgan fingerprint density at radius 3 is 1.95 bits per heavy atom. The van der Waals surface area contributed by atoms with E-state index < -0.39 is 0 Å². The molecule has 0 fully saturated rings. The van der Waals surface area contributed by atoms with Crippen LogP contribution in [0.4, 0.5) is 0 Å². The molecule has 2 aromatic carbocycles. The van der Waals surface area contributed by atoms with Crippen LogP contribution in [0.3, 0.4) is 0 Å². The van der Waals surface area contributed by atoms with Gasteiger partial charge < -0.3 is 9.84 Å². The summed E-state index contributed by atoms with van der Waals surface area (Å²) in [6.07, 6.45) is 1.00. The van der Waals surface area contributed by atoms with Gasteiger partial charge in [0.15, 0.2) is 0 Å². The molecule has 0 aromatic heterocycles. The molecule has 0 radical (unpaired) electrons. The molecule has 2 aromatic rings. The Hall–Kier alpha value is -2.40. The maximum Gasteiger partial charge on any atom is 0.119 e. The summed E-state index contributed by atoms with van der Waals surface area (Å²) < 4.78 is 5.51. The van der Waals surface area contributed by atoms with Crippen LogP contribution in [0.2, 0.25) is 0 Å². The lowest BCUT2D eigenvalue weighted by atomic mass is 10.2. The molecule has 0 amide bonds. The number of hydrogen-bond acceptors (Lipinski definition) is 2. The predicted octanol–water partition coefficient (Wildman–Crippen LogP) is 3.58. The third kappa shape index (κ3) is 4.08. The van der Waals surface area contributed by atoms with Crippen molar-refractivity contribution in [1.29, 1.82) is 0 Å². The summed E-state index contributed by atoms with van der Waals surface area (Å²) in [4.78, 5) is 0. The molecule has 1 N–H and O–H groups in total. The van der Waals surface area contributed by atoms with Gasteiger partial charge in [0, 0.05) is 11.1 Å². The summed E-state index contributed by atoms with van der Waals surface area (Å²) >= 11 is 0. The third-order valence-electron chi connectivity index (χ3n) is 2.55. The minimum Gasteiger partial charge on any atom is -0.508 e. The van der Waals surface area contributed by atoms with Crippen molar-refractivity contribution >= 4 is 0 Å². The highest BCUT2D eigenvalue weighted by Crippen LogP contribution is 2.12. The largest absolute Gasteiger partial charge is 0.508 e. The second-order valence-electron chi connectivity index (χ2n) is 4.17. The maximum atomic E-state index is 9.18. The van der Waals surface area contributed by atoms with Crippen molar-refractivity contribution in [3.63, 3.8) is 0 Å². The highest BCUT2D eigenvalue weighted by atomic mass is 16.5. The molecule has 0 unspecified atom stereocenters. The van der Waals surface area contributed by atoms with Gasteiger partial charge in [0.2, 0.25) is 0 Å². The third-order valence-corrected chi connectivity index (χ3v) is 2.55. The van der Waals surface area contributed by atoms with Gasteiger partial charge in [-0.2, -0.15) is 0 Å². The van der Waals surface area contributed by atoms with Crippen LogP contribution in [0.5, 0.6) is 11.5 Å². The van der Waals surface area contributed by atoms with Gasteiger partial charge in [-0.25, -0.2) is 0 Å². The molecule has 2 rings (SSSR count). The molecule has 0 saturated carbocycles.